The first-order valence-electron chi connectivity index (χ1n) is 5.50. The highest BCUT2D eigenvalue weighted by Crippen LogP contribution is 2.21. The van der Waals surface area contributed by atoms with Crippen molar-refractivity contribution in [2.45, 2.75) is 13.5 Å². The maximum atomic E-state index is 13.1. The Balaban J connectivity index is 2.13. The van der Waals surface area contributed by atoms with Crippen molar-refractivity contribution in [2.75, 3.05) is 5.32 Å². The molecule has 0 spiro atoms. The van der Waals surface area contributed by atoms with Crippen LogP contribution in [-0.2, 0) is 6.54 Å². The highest BCUT2D eigenvalue weighted by molar-refractivity contribution is 9.10. The Bertz CT molecular complexity index is 570. The molecule has 1 nitrogen and oxygen atoms in total. The molecular formula is C14H12BrF2N. The zero-order valence-corrected chi connectivity index (χ0v) is 11.4. The third-order valence-corrected chi connectivity index (χ3v) is 3.42. The van der Waals surface area contributed by atoms with Crippen molar-refractivity contribution in [2.24, 2.45) is 0 Å². The largest absolute Gasteiger partial charge is 0.381 e. The molecule has 0 unspecified atom stereocenters. The minimum absolute atomic E-state index is 0.277. The molecule has 1 N–H and O–H groups in total. The average Bonchev–Trinajstić information content (AvgIpc) is 2.32. The van der Waals surface area contributed by atoms with Crippen LogP contribution in [0.25, 0.3) is 0 Å². The minimum Gasteiger partial charge on any atom is -0.381 e. The van der Waals surface area contributed by atoms with Crippen LogP contribution in [0, 0.1) is 18.6 Å². The summed E-state index contributed by atoms with van der Waals surface area (Å²) in [5.41, 5.74) is 2.63. The molecule has 0 aliphatic heterocycles. The van der Waals surface area contributed by atoms with Crippen LogP contribution in [0.2, 0.25) is 0 Å². The summed E-state index contributed by atoms with van der Waals surface area (Å²) >= 11 is 3.30. The van der Waals surface area contributed by atoms with Gasteiger partial charge in [-0.3, -0.25) is 0 Å². The molecule has 0 fully saturated rings. The highest BCUT2D eigenvalue weighted by atomic mass is 79.9. The van der Waals surface area contributed by atoms with Gasteiger partial charge in [0.2, 0.25) is 0 Å². The van der Waals surface area contributed by atoms with Gasteiger partial charge in [-0.15, -0.1) is 0 Å². The molecule has 0 aromatic heterocycles. The standard InChI is InChI=1S/C14H12BrF2N/c1-9-2-4-12(17)7-14(9)18-8-10-3-5-11(16)6-13(10)15/h2-7,18H,8H2,1H3. The van der Waals surface area contributed by atoms with E-state index in [0.717, 1.165) is 16.8 Å². The van der Waals surface area contributed by atoms with Crippen molar-refractivity contribution in [3.63, 3.8) is 0 Å². The highest BCUT2D eigenvalue weighted by Gasteiger charge is 2.04. The lowest BCUT2D eigenvalue weighted by Gasteiger charge is -2.11. The Morgan fingerprint density at radius 3 is 2.44 bits per heavy atom. The molecule has 4 heteroatoms. The molecule has 0 aliphatic rings. The van der Waals surface area contributed by atoms with Crippen LogP contribution >= 0.6 is 15.9 Å². The van der Waals surface area contributed by atoms with E-state index >= 15 is 0 Å². The second-order valence-corrected chi connectivity index (χ2v) is 4.90. The summed E-state index contributed by atoms with van der Waals surface area (Å²) in [6, 6.07) is 9.11. The number of rotatable bonds is 3. The number of aryl methyl sites for hydroxylation is 1. The Labute approximate surface area is 113 Å². The number of hydrogen-bond donors (Lipinski definition) is 1. The second-order valence-electron chi connectivity index (χ2n) is 4.05. The molecule has 2 rings (SSSR count). The second kappa shape index (κ2) is 5.48. The third kappa shape index (κ3) is 3.07. The van der Waals surface area contributed by atoms with Crippen molar-refractivity contribution < 1.29 is 8.78 Å². The first-order valence-corrected chi connectivity index (χ1v) is 6.29. The minimum atomic E-state index is -0.285. The first kappa shape index (κ1) is 13.0. The maximum Gasteiger partial charge on any atom is 0.125 e. The molecule has 0 saturated heterocycles. The molecule has 94 valence electrons. The van der Waals surface area contributed by atoms with Crippen LogP contribution in [-0.4, -0.2) is 0 Å². The molecule has 0 radical (unpaired) electrons. The van der Waals surface area contributed by atoms with E-state index in [9.17, 15) is 8.78 Å². The lowest BCUT2D eigenvalue weighted by atomic mass is 10.1. The van der Waals surface area contributed by atoms with Gasteiger partial charge in [0, 0.05) is 16.7 Å². The molecule has 18 heavy (non-hydrogen) atoms. The predicted octanol–water partition coefficient (Wildman–Crippen LogP) is 4.65. The summed E-state index contributed by atoms with van der Waals surface area (Å²) in [7, 11) is 0. The van der Waals surface area contributed by atoms with E-state index in [4.69, 9.17) is 0 Å². The van der Waals surface area contributed by atoms with Gasteiger partial charge < -0.3 is 5.32 Å². The van der Waals surface area contributed by atoms with E-state index < -0.39 is 0 Å². The van der Waals surface area contributed by atoms with Gasteiger partial charge in [0.25, 0.3) is 0 Å². The van der Waals surface area contributed by atoms with Crippen LogP contribution < -0.4 is 5.32 Å². The van der Waals surface area contributed by atoms with E-state index in [1.54, 1.807) is 12.1 Å². The maximum absolute atomic E-state index is 13.1. The zero-order valence-electron chi connectivity index (χ0n) is 9.81. The Morgan fingerprint density at radius 2 is 1.72 bits per heavy atom. The van der Waals surface area contributed by atoms with Crippen molar-refractivity contribution in [3.05, 3.63) is 63.6 Å². The number of hydrogen-bond acceptors (Lipinski definition) is 1. The average molecular weight is 312 g/mol. The fourth-order valence-electron chi connectivity index (χ4n) is 1.64. The van der Waals surface area contributed by atoms with Gasteiger partial charge in [-0.1, -0.05) is 28.1 Å². The van der Waals surface area contributed by atoms with Crippen molar-refractivity contribution in [3.8, 4) is 0 Å². The van der Waals surface area contributed by atoms with Crippen LogP contribution in [0.4, 0.5) is 14.5 Å². The first-order chi connectivity index (χ1) is 8.56. The lowest BCUT2D eigenvalue weighted by Crippen LogP contribution is -2.02. The van der Waals surface area contributed by atoms with Crippen molar-refractivity contribution >= 4 is 21.6 Å². The molecule has 0 aliphatic carbocycles. The van der Waals surface area contributed by atoms with E-state index in [0.29, 0.717) is 11.0 Å². The van der Waals surface area contributed by atoms with Gasteiger partial charge in [0.1, 0.15) is 11.6 Å². The van der Waals surface area contributed by atoms with E-state index in [2.05, 4.69) is 21.2 Å². The van der Waals surface area contributed by atoms with E-state index in [1.165, 1.54) is 24.3 Å². The molecule has 0 amide bonds. The predicted molar refractivity (Wildman–Crippen MR) is 72.6 cm³/mol. The smallest absolute Gasteiger partial charge is 0.125 e. The van der Waals surface area contributed by atoms with Crippen molar-refractivity contribution in [1.29, 1.82) is 0 Å². The molecule has 2 aromatic rings. The van der Waals surface area contributed by atoms with Gasteiger partial charge in [-0.2, -0.15) is 0 Å². The van der Waals surface area contributed by atoms with E-state index in [1.807, 2.05) is 6.92 Å². The molecule has 2 aromatic carbocycles. The monoisotopic (exact) mass is 311 g/mol. The fraction of sp³-hybridized carbons (Fsp3) is 0.143. The summed E-state index contributed by atoms with van der Waals surface area (Å²) in [6.45, 7) is 2.41. The number of nitrogens with one attached hydrogen (secondary N) is 1. The van der Waals surface area contributed by atoms with Crippen molar-refractivity contribution in [1.82, 2.24) is 0 Å². The Kier molecular flexibility index (Phi) is 3.97. The quantitative estimate of drug-likeness (QED) is 0.870. The summed E-state index contributed by atoms with van der Waals surface area (Å²) in [4.78, 5) is 0. The van der Waals surface area contributed by atoms with Crippen LogP contribution in [0.15, 0.2) is 40.9 Å². The molecular weight excluding hydrogens is 300 g/mol. The topological polar surface area (TPSA) is 12.0 Å². The van der Waals surface area contributed by atoms with Crippen LogP contribution in [0.5, 0.6) is 0 Å². The number of benzene rings is 2. The van der Waals surface area contributed by atoms with Crippen LogP contribution in [0.3, 0.4) is 0 Å². The van der Waals surface area contributed by atoms with Crippen LogP contribution in [0.1, 0.15) is 11.1 Å². The molecule has 0 atom stereocenters. The van der Waals surface area contributed by atoms with Gasteiger partial charge in [-0.05, 0) is 42.3 Å². The Morgan fingerprint density at radius 1 is 1.06 bits per heavy atom. The lowest BCUT2D eigenvalue weighted by molar-refractivity contribution is 0.626. The van der Waals surface area contributed by atoms with E-state index in [-0.39, 0.29) is 11.6 Å². The van der Waals surface area contributed by atoms with Gasteiger partial charge in [-0.25, -0.2) is 8.78 Å². The molecule has 0 heterocycles. The SMILES string of the molecule is Cc1ccc(F)cc1NCc1ccc(F)cc1Br. The van der Waals surface area contributed by atoms with Gasteiger partial charge >= 0.3 is 0 Å². The van der Waals surface area contributed by atoms with Gasteiger partial charge in [0.15, 0.2) is 0 Å². The molecule has 0 bridgehead atoms. The summed E-state index contributed by atoms with van der Waals surface area (Å²) < 4.78 is 26.7. The zero-order chi connectivity index (χ0) is 13.1. The van der Waals surface area contributed by atoms with Gasteiger partial charge in [0.05, 0.1) is 0 Å². The number of anilines is 1. The third-order valence-electron chi connectivity index (χ3n) is 2.68. The normalized spacial score (nSPS) is 10.4. The Hall–Kier alpha value is -1.42. The molecule has 0 saturated carbocycles. The summed E-state index contributed by atoms with van der Waals surface area (Å²) in [5, 5.41) is 3.14. The summed E-state index contributed by atoms with van der Waals surface area (Å²) in [5.74, 6) is -0.561. The fourth-order valence-corrected chi connectivity index (χ4v) is 2.13. The summed E-state index contributed by atoms with van der Waals surface area (Å²) in [6.07, 6.45) is 0. The number of halogens is 3.